The first-order valence-electron chi connectivity index (χ1n) is 10.3. The lowest BCUT2D eigenvalue weighted by Crippen LogP contribution is -2.44. The number of amides is 1. The Morgan fingerprint density at radius 3 is 2.52 bits per heavy atom. The van der Waals surface area contributed by atoms with Crippen LogP contribution in [0.4, 0.5) is 5.13 Å². The quantitative estimate of drug-likeness (QED) is 0.584. The van der Waals surface area contributed by atoms with E-state index < -0.39 is 10.0 Å². The van der Waals surface area contributed by atoms with Gasteiger partial charge in [-0.25, -0.2) is 17.7 Å². The fourth-order valence-corrected chi connectivity index (χ4v) is 5.92. The average molecular weight is 459 g/mol. The van der Waals surface area contributed by atoms with Crippen LogP contribution in [0.25, 0.3) is 10.2 Å². The number of carbonyl (C=O) groups excluding carboxylic acids is 1. The molecule has 4 rings (SSSR count). The third-order valence-electron chi connectivity index (χ3n) is 5.76. The Kier molecular flexibility index (Phi) is 6.09. The fraction of sp³-hybridized carbons (Fsp3) is 0.409. The van der Waals surface area contributed by atoms with Crippen LogP contribution in [0.1, 0.15) is 29.5 Å². The van der Waals surface area contributed by atoms with Gasteiger partial charge in [0.2, 0.25) is 15.9 Å². The van der Waals surface area contributed by atoms with Gasteiger partial charge in [0.1, 0.15) is 0 Å². The van der Waals surface area contributed by atoms with Gasteiger partial charge < -0.3 is 0 Å². The molecule has 1 aliphatic heterocycles. The maximum absolute atomic E-state index is 13.6. The zero-order valence-corrected chi connectivity index (χ0v) is 19.5. The molecule has 31 heavy (non-hydrogen) atoms. The minimum atomic E-state index is -3.23. The molecule has 7 nitrogen and oxygen atoms in total. The van der Waals surface area contributed by atoms with Crippen LogP contribution < -0.4 is 4.90 Å². The third-order valence-corrected chi connectivity index (χ3v) is 8.28. The summed E-state index contributed by atoms with van der Waals surface area (Å²) in [5.74, 6) is -0.241. The van der Waals surface area contributed by atoms with Gasteiger partial charge in [0.25, 0.3) is 0 Å². The number of piperidine rings is 1. The Morgan fingerprint density at radius 1 is 1.19 bits per heavy atom. The van der Waals surface area contributed by atoms with Crippen LogP contribution in [0.2, 0.25) is 0 Å². The Morgan fingerprint density at radius 2 is 1.90 bits per heavy atom. The summed E-state index contributed by atoms with van der Waals surface area (Å²) in [6.45, 7) is 5.20. The second-order valence-electron chi connectivity index (χ2n) is 8.10. The van der Waals surface area contributed by atoms with E-state index in [1.807, 2.05) is 19.1 Å². The maximum Gasteiger partial charge on any atom is 0.232 e. The summed E-state index contributed by atoms with van der Waals surface area (Å²) in [5, 5.41) is 0.673. The van der Waals surface area contributed by atoms with E-state index >= 15 is 0 Å². The molecule has 0 radical (unpaired) electrons. The number of rotatable bonds is 5. The van der Waals surface area contributed by atoms with Gasteiger partial charge >= 0.3 is 0 Å². The molecule has 0 spiro atoms. The van der Waals surface area contributed by atoms with E-state index in [4.69, 9.17) is 4.98 Å². The average Bonchev–Trinajstić information content (AvgIpc) is 3.21. The first-order chi connectivity index (χ1) is 14.7. The topological polar surface area (TPSA) is 83.5 Å². The molecule has 1 saturated heterocycles. The number of hydrogen-bond donors (Lipinski definition) is 0. The van der Waals surface area contributed by atoms with Crippen molar-refractivity contribution in [3.05, 3.63) is 53.3 Å². The second kappa shape index (κ2) is 8.64. The molecule has 0 bridgehead atoms. The molecule has 0 unspecified atom stereocenters. The van der Waals surface area contributed by atoms with Crippen molar-refractivity contribution in [2.24, 2.45) is 5.92 Å². The first-order valence-corrected chi connectivity index (χ1v) is 12.9. The molecule has 1 aromatic carbocycles. The van der Waals surface area contributed by atoms with Crippen molar-refractivity contribution in [3.8, 4) is 0 Å². The van der Waals surface area contributed by atoms with Crippen molar-refractivity contribution in [1.29, 1.82) is 0 Å². The van der Waals surface area contributed by atoms with Crippen molar-refractivity contribution >= 4 is 42.6 Å². The molecule has 0 N–H and O–H groups in total. The van der Waals surface area contributed by atoms with E-state index in [2.05, 4.69) is 24.0 Å². The monoisotopic (exact) mass is 458 g/mol. The SMILES string of the molecule is Cc1ccc(C)c2sc(N(Cc3cccnc3)C(=O)C3CCN(S(C)(=O)=O)CC3)nc12. The van der Waals surface area contributed by atoms with Crippen LogP contribution in [-0.2, 0) is 21.4 Å². The molecule has 2 aromatic heterocycles. The Bertz CT molecular complexity index is 1160. The van der Waals surface area contributed by atoms with Gasteiger partial charge in [0.05, 0.1) is 23.0 Å². The van der Waals surface area contributed by atoms with E-state index in [0.717, 1.165) is 26.9 Å². The minimum absolute atomic E-state index is 0.00799. The minimum Gasteiger partial charge on any atom is -0.283 e. The molecule has 1 fully saturated rings. The molecular formula is C22H26N4O3S2. The molecule has 3 aromatic rings. The normalized spacial score (nSPS) is 16.0. The van der Waals surface area contributed by atoms with Gasteiger partial charge in [-0.1, -0.05) is 29.5 Å². The number of aromatic nitrogens is 2. The molecule has 1 aliphatic rings. The summed E-state index contributed by atoms with van der Waals surface area (Å²) < 4.78 is 26.2. The number of hydrogen-bond acceptors (Lipinski definition) is 6. The highest BCUT2D eigenvalue weighted by Crippen LogP contribution is 2.35. The number of sulfonamides is 1. The summed E-state index contributed by atoms with van der Waals surface area (Å²) in [7, 11) is -3.23. The van der Waals surface area contributed by atoms with E-state index in [1.54, 1.807) is 17.3 Å². The number of anilines is 1. The number of benzene rings is 1. The lowest BCUT2D eigenvalue weighted by atomic mass is 9.96. The zero-order valence-electron chi connectivity index (χ0n) is 17.9. The molecule has 9 heteroatoms. The molecule has 0 atom stereocenters. The van der Waals surface area contributed by atoms with Gasteiger partial charge in [-0.15, -0.1) is 0 Å². The highest BCUT2D eigenvalue weighted by Gasteiger charge is 2.33. The zero-order chi connectivity index (χ0) is 22.2. The Hall–Kier alpha value is -2.36. The Labute approximate surface area is 186 Å². The lowest BCUT2D eigenvalue weighted by molar-refractivity contribution is -0.123. The van der Waals surface area contributed by atoms with Crippen LogP contribution in [0.3, 0.4) is 0 Å². The standard InChI is InChI=1S/C22H26N4O3S2/c1-15-6-7-16(2)20-19(15)24-22(30-20)26(14-17-5-4-10-23-13-17)21(27)18-8-11-25(12-9-18)31(3,28)29/h4-7,10,13,18H,8-9,11-12,14H2,1-3H3. The number of fused-ring (bicyclic) bond motifs is 1. The van der Waals surface area contributed by atoms with E-state index in [1.165, 1.54) is 21.9 Å². The summed E-state index contributed by atoms with van der Waals surface area (Å²) in [6, 6.07) is 7.93. The van der Waals surface area contributed by atoms with Gasteiger partial charge in [-0.3, -0.25) is 14.7 Å². The van der Waals surface area contributed by atoms with Crippen LogP contribution >= 0.6 is 11.3 Å². The predicted octanol–water partition coefficient (Wildman–Crippen LogP) is 3.51. The smallest absolute Gasteiger partial charge is 0.232 e. The van der Waals surface area contributed by atoms with Crippen molar-refractivity contribution in [3.63, 3.8) is 0 Å². The van der Waals surface area contributed by atoms with Crippen molar-refractivity contribution in [1.82, 2.24) is 14.3 Å². The largest absolute Gasteiger partial charge is 0.283 e. The van der Waals surface area contributed by atoms with Gasteiger partial charge in [0.15, 0.2) is 5.13 Å². The number of aryl methyl sites for hydroxylation is 2. The van der Waals surface area contributed by atoms with Crippen LogP contribution in [0, 0.1) is 19.8 Å². The second-order valence-corrected chi connectivity index (χ2v) is 11.1. The highest BCUT2D eigenvalue weighted by atomic mass is 32.2. The summed E-state index contributed by atoms with van der Waals surface area (Å²) >= 11 is 1.53. The summed E-state index contributed by atoms with van der Waals surface area (Å²) in [6.07, 6.45) is 5.71. The van der Waals surface area contributed by atoms with Gasteiger partial charge in [0, 0.05) is 31.4 Å². The molecule has 0 aliphatic carbocycles. The van der Waals surface area contributed by atoms with E-state index in [9.17, 15) is 13.2 Å². The summed E-state index contributed by atoms with van der Waals surface area (Å²) in [4.78, 5) is 24.4. The lowest BCUT2D eigenvalue weighted by Gasteiger charge is -2.32. The van der Waals surface area contributed by atoms with Crippen molar-refractivity contribution in [2.75, 3.05) is 24.2 Å². The number of carbonyl (C=O) groups is 1. The molecule has 164 valence electrons. The van der Waals surface area contributed by atoms with Crippen LogP contribution in [-0.4, -0.2) is 47.9 Å². The third kappa shape index (κ3) is 4.63. The van der Waals surface area contributed by atoms with Gasteiger partial charge in [-0.2, -0.15) is 0 Å². The first kappa shape index (κ1) is 21.9. The maximum atomic E-state index is 13.6. The highest BCUT2D eigenvalue weighted by molar-refractivity contribution is 7.88. The van der Waals surface area contributed by atoms with E-state index in [0.29, 0.717) is 37.6 Å². The predicted molar refractivity (Wildman–Crippen MR) is 124 cm³/mol. The molecule has 0 saturated carbocycles. The van der Waals surface area contributed by atoms with E-state index in [-0.39, 0.29) is 11.8 Å². The van der Waals surface area contributed by atoms with Crippen molar-refractivity contribution < 1.29 is 13.2 Å². The van der Waals surface area contributed by atoms with Crippen molar-refractivity contribution in [2.45, 2.75) is 33.2 Å². The molecule has 3 heterocycles. The number of nitrogens with zero attached hydrogens (tertiary/aromatic N) is 4. The summed E-state index contributed by atoms with van der Waals surface area (Å²) in [5.41, 5.74) is 4.07. The van der Waals surface area contributed by atoms with Gasteiger partial charge in [-0.05, 0) is 49.4 Å². The molecular weight excluding hydrogens is 432 g/mol. The number of pyridine rings is 1. The fourth-order valence-electron chi connectivity index (χ4n) is 3.93. The van der Waals surface area contributed by atoms with Crippen LogP contribution in [0.15, 0.2) is 36.7 Å². The molecule has 1 amide bonds. The number of thiazole rings is 1. The van der Waals surface area contributed by atoms with Crippen LogP contribution in [0.5, 0.6) is 0 Å². The Balaban J connectivity index is 1.66.